The Labute approximate surface area is 220 Å². The number of carbonyl (C=O) groups is 2. The quantitative estimate of drug-likeness (QED) is 0.434. The van der Waals surface area contributed by atoms with E-state index in [1.807, 2.05) is 6.92 Å². The number of halogens is 3. The van der Waals surface area contributed by atoms with Crippen molar-refractivity contribution >= 4 is 23.3 Å². The van der Waals surface area contributed by atoms with Gasteiger partial charge in [-0.1, -0.05) is 0 Å². The van der Waals surface area contributed by atoms with Crippen molar-refractivity contribution in [3.63, 3.8) is 0 Å². The smallest absolute Gasteiger partial charge is 0.405 e. The molecule has 0 bridgehead atoms. The Morgan fingerprint density at radius 3 is 2.69 bits per heavy atom. The summed E-state index contributed by atoms with van der Waals surface area (Å²) in [5.74, 6) is -1.29. The van der Waals surface area contributed by atoms with E-state index in [4.69, 9.17) is 5.73 Å². The number of benzene rings is 1. The lowest BCUT2D eigenvalue weighted by molar-refractivity contribution is -0.274. The van der Waals surface area contributed by atoms with Gasteiger partial charge in [0.25, 0.3) is 11.8 Å². The van der Waals surface area contributed by atoms with Gasteiger partial charge in [0, 0.05) is 30.4 Å². The minimum atomic E-state index is -5.00. The fraction of sp³-hybridized carbons (Fsp3) is 0.462. The first-order chi connectivity index (χ1) is 18.5. The SMILES string of the molecule is C[C@@H](C1CC1)N1Cc2cc(-c3ccn4nc(N)c(C(=O)N[C@H]5CC[C@H](O)C5)c4n3)cc(OC(F)(F)F)c2C1=O. The van der Waals surface area contributed by atoms with Gasteiger partial charge in [0.05, 0.1) is 17.4 Å². The van der Waals surface area contributed by atoms with Crippen LogP contribution in [0.15, 0.2) is 24.4 Å². The van der Waals surface area contributed by atoms with Crippen LogP contribution < -0.4 is 15.8 Å². The van der Waals surface area contributed by atoms with Crippen molar-refractivity contribution in [2.24, 2.45) is 5.92 Å². The van der Waals surface area contributed by atoms with Crippen molar-refractivity contribution in [3.8, 4) is 17.0 Å². The largest absolute Gasteiger partial charge is 0.573 e. The van der Waals surface area contributed by atoms with Crippen molar-refractivity contribution in [1.82, 2.24) is 24.8 Å². The van der Waals surface area contributed by atoms with Crippen LogP contribution in [0.4, 0.5) is 19.0 Å². The normalized spacial score (nSPS) is 21.9. The molecule has 3 heterocycles. The molecule has 2 aromatic heterocycles. The van der Waals surface area contributed by atoms with E-state index < -0.39 is 30.0 Å². The molecule has 10 nitrogen and oxygen atoms in total. The lowest BCUT2D eigenvalue weighted by Gasteiger charge is -2.24. The Morgan fingerprint density at radius 2 is 2.03 bits per heavy atom. The van der Waals surface area contributed by atoms with Crippen LogP contribution in [0.5, 0.6) is 5.75 Å². The molecule has 3 atom stereocenters. The Kier molecular flexibility index (Phi) is 5.93. The third-order valence-corrected chi connectivity index (χ3v) is 7.80. The van der Waals surface area contributed by atoms with Gasteiger partial charge < -0.3 is 25.8 Å². The number of anilines is 1. The molecule has 6 rings (SSSR count). The highest BCUT2D eigenvalue weighted by molar-refractivity contribution is 6.05. The Morgan fingerprint density at radius 1 is 1.26 bits per heavy atom. The molecule has 2 aliphatic carbocycles. The van der Waals surface area contributed by atoms with Crippen LogP contribution in [0.25, 0.3) is 16.9 Å². The van der Waals surface area contributed by atoms with Gasteiger partial charge in [-0.15, -0.1) is 18.3 Å². The van der Waals surface area contributed by atoms with Crippen LogP contribution in [0.2, 0.25) is 0 Å². The summed E-state index contributed by atoms with van der Waals surface area (Å²) in [4.78, 5) is 32.3. The molecule has 0 spiro atoms. The fourth-order valence-electron chi connectivity index (χ4n) is 5.63. The number of amides is 2. The van der Waals surface area contributed by atoms with E-state index in [1.54, 1.807) is 11.0 Å². The molecular formula is C26H27F3N6O4. The molecule has 206 valence electrons. The number of aliphatic hydroxyl groups is 1. The van der Waals surface area contributed by atoms with Crippen molar-refractivity contribution in [1.29, 1.82) is 0 Å². The van der Waals surface area contributed by atoms with Gasteiger partial charge >= 0.3 is 6.36 Å². The zero-order valence-electron chi connectivity index (χ0n) is 21.0. The summed E-state index contributed by atoms with van der Waals surface area (Å²) in [7, 11) is 0. The number of nitrogens with one attached hydrogen (secondary N) is 1. The number of fused-ring (bicyclic) bond motifs is 2. The number of nitrogens with two attached hydrogens (primary N) is 1. The number of carbonyl (C=O) groups excluding carboxylic acids is 2. The molecular weight excluding hydrogens is 517 g/mol. The maximum absolute atomic E-state index is 13.4. The van der Waals surface area contributed by atoms with E-state index in [2.05, 4.69) is 20.1 Å². The average molecular weight is 545 g/mol. The van der Waals surface area contributed by atoms with Gasteiger partial charge in [0.1, 0.15) is 11.3 Å². The summed E-state index contributed by atoms with van der Waals surface area (Å²) in [5.41, 5.74) is 7.04. The molecule has 3 aromatic rings. The second kappa shape index (κ2) is 9.11. The lowest BCUT2D eigenvalue weighted by Crippen LogP contribution is -2.34. The lowest BCUT2D eigenvalue weighted by atomic mass is 10.0. The molecule has 0 unspecified atom stereocenters. The third kappa shape index (κ3) is 4.75. The van der Waals surface area contributed by atoms with Crippen molar-refractivity contribution < 1.29 is 32.6 Å². The molecule has 0 radical (unpaired) electrons. The van der Waals surface area contributed by atoms with Crippen LogP contribution in [-0.2, 0) is 6.54 Å². The van der Waals surface area contributed by atoms with Crippen LogP contribution >= 0.6 is 0 Å². The number of aromatic nitrogens is 3. The average Bonchev–Trinajstić information content (AvgIpc) is 3.43. The van der Waals surface area contributed by atoms with Crippen LogP contribution in [0.3, 0.4) is 0 Å². The highest BCUT2D eigenvalue weighted by Crippen LogP contribution is 2.42. The maximum atomic E-state index is 13.4. The number of aliphatic hydroxyl groups excluding tert-OH is 1. The summed E-state index contributed by atoms with van der Waals surface area (Å²) in [5, 5.41) is 16.8. The van der Waals surface area contributed by atoms with Crippen LogP contribution in [0, 0.1) is 5.92 Å². The van der Waals surface area contributed by atoms with Gasteiger partial charge in [-0.3, -0.25) is 9.59 Å². The molecule has 3 aliphatic rings. The van der Waals surface area contributed by atoms with Gasteiger partial charge in [0.2, 0.25) is 0 Å². The Hall–Kier alpha value is -3.87. The summed E-state index contributed by atoms with van der Waals surface area (Å²) in [6.07, 6.45) is -0.386. The van der Waals surface area contributed by atoms with Crippen molar-refractivity contribution in [3.05, 3.63) is 41.1 Å². The first-order valence-corrected chi connectivity index (χ1v) is 12.9. The van der Waals surface area contributed by atoms with Crippen molar-refractivity contribution in [2.75, 3.05) is 5.73 Å². The molecule has 2 amide bonds. The molecule has 1 aliphatic heterocycles. The third-order valence-electron chi connectivity index (χ3n) is 7.80. The van der Waals surface area contributed by atoms with Gasteiger partial charge in [-0.2, -0.15) is 0 Å². The number of hydrogen-bond acceptors (Lipinski definition) is 7. The minimum absolute atomic E-state index is 0.0331. The maximum Gasteiger partial charge on any atom is 0.573 e. The molecule has 13 heteroatoms. The van der Waals surface area contributed by atoms with Crippen molar-refractivity contribution in [2.45, 2.75) is 70.1 Å². The standard InChI is InChI=1S/C26H27F3N6O4/c1-12(13-2-3-13)34-11-15-8-14(9-19(20(15)25(34)38)39-26(27,28)29)18-6-7-35-23(32-18)21(22(30)33-35)24(37)31-16-4-5-17(36)10-16/h6-9,12-13,16-17,36H,2-5,10-11H2,1H3,(H2,30,33)(H,31,37)/t12-,16-,17-/m0/s1. The van der Waals surface area contributed by atoms with E-state index in [9.17, 15) is 27.9 Å². The van der Waals surface area contributed by atoms with E-state index >= 15 is 0 Å². The Balaban J connectivity index is 1.39. The first kappa shape index (κ1) is 25.4. The second-order valence-electron chi connectivity index (χ2n) is 10.5. The number of alkyl halides is 3. The molecule has 2 fully saturated rings. The fourth-order valence-corrected chi connectivity index (χ4v) is 5.63. The van der Waals surface area contributed by atoms with Crippen LogP contribution in [0.1, 0.15) is 65.3 Å². The number of hydrogen-bond donors (Lipinski definition) is 3. The van der Waals surface area contributed by atoms with Gasteiger partial charge in [0.15, 0.2) is 11.5 Å². The van der Waals surface area contributed by atoms with E-state index in [0.717, 1.165) is 18.9 Å². The molecule has 0 saturated heterocycles. The molecule has 4 N–H and O–H groups in total. The van der Waals surface area contributed by atoms with Gasteiger partial charge in [-0.05, 0) is 68.7 Å². The van der Waals surface area contributed by atoms with E-state index in [0.29, 0.717) is 30.7 Å². The summed E-state index contributed by atoms with van der Waals surface area (Å²) >= 11 is 0. The zero-order chi connectivity index (χ0) is 27.6. The number of nitrogen functional groups attached to an aromatic ring is 1. The number of rotatable bonds is 6. The molecule has 39 heavy (non-hydrogen) atoms. The number of nitrogens with zero attached hydrogens (tertiary/aromatic N) is 4. The Bertz CT molecular complexity index is 1480. The van der Waals surface area contributed by atoms with Crippen LogP contribution in [-0.4, -0.2) is 61.0 Å². The predicted octanol–water partition coefficient (Wildman–Crippen LogP) is 3.27. The van der Waals surface area contributed by atoms with E-state index in [-0.39, 0.29) is 52.5 Å². The first-order valence-electron chi connectivity index (χ1n) is 12.9. The van der Waals surface area contributed by atoms with Gasteiger partial charge in [-0.25, -0.2) is 9.50 Å². The topological polar surface area (TPSA) is 135 Å². The summed E-state index contributed by atoms with van der Waals surface area (Å²) in [6, 6.07) is 4.00. The van der Waals surface area contributed by atoms with E-state index in [1.165, 1.54) is 16.8 Å². The molecule has 2 saturated carbocycles. The highest BCUT2D eigenvalue weighted by Gasteiger charge is 2.42. The molecule has 1 aromatic carbocycles. The summed E-state index contributed by atoms with van der Waals surface area (Å²) in [6.45, 7) is 2.07. The zero-order valence-corrected chi connectivity index (χ0v) is 21.0. The predicted molar refractivity (Wildman–Crippen MR) is 133 cm³/mol. The monoisotopic (exact) mass is 544 g/mol. The minimum Gasteiger partial charge on any atom is -0.405 e. The number of ether oxygens (including phenoxy) is 1. The summed E-state index contributed by atoms with van der Waals surface area (Å²) < 4.78 is 45.7. The second-order valence-corrected chi connectivity index (χ2v) is 10.5. The highest BCUT2D eigenvalue weighted by atomic mass is 19.4.